The third kappa shape index (κ3) is 4.05. The van der Waals surface area contributed by atoms with E-state index in [1.807, 2.05) is 42.6 Å². The molecule has 3 aromatic rings. The quantitative estimate of drug-likeness (QED) is 0.697. The van der Waals surface area contributed by atoms with Gasteiger partial charge >= 0.3 is 0 Å². The summed E-state index contributed by atoms with van der Waals surface area (Å²) in [7, 11) is 0. The predicted molar refractivity (Wildman–Crippen MR) is 93.4 cm³/mol. The number of anilines is 1. The first-order chi connectivity index (χ1) is 11.1. The highest BCUT2D eigenvalue weighted by molar-refractivity contribution is 9.10. The van der Waals surface area contributed by atoms with E-state index in [2.05, 4.69) is 31.4 Å². The zero-order chi connectivity index (χ0) is 16.2. The van der Waals surface area contributed by atoms with Crippen LogP contribution in [0.25, 0.3) is 10.8 Å². The maximum atomic E-state index is 12.0. The Bertz CT molecular complexity index is 815. The molecule has 5 nitrogen and oxygen atoms in total. The van der Waals surface area contributed by atoms with Crippen molar-refractivity contribution in [2.45, 2.75) is 19.8 Å². The van der Waals surface area contributed by atoms with Gasteiger partial charge in [0, 0.05) is 23.0 Å². The molecule has 0 bridgehead atoms. The molecular weight excluding hydrogens is 378 g/mol. The molecule has 0 aliphatic carbocycles. The van der Waals surface area contributed by atoms with Crippen molar-refractivity contribution < 1.29 is 9.21 Å². The summed E-state index contributed by atoms with van der Waals surface area (Å²) < 4.78 is 6.53. The fraction of sp³-hybridized carbons (Fsp3) is 0.188. The fourth-order valence-corrected chi connectivity index (χ4v) is 2.99. The molecule has 0 aliphatic heterocycles. The molecule has 0 aliphatic rings. The minimum atomic E-state index is -0.0865. The second kappa shape index (κ2) is 7.06. The Morgan fingerprint density at radius 3 is 2.96 bits per heavy atom. The molecule has 0 saturated heterocycles. The maximum absolute atomic E-state index is 12.0. The molecular formula is C16H14BrN3O2S. The first-order valence-electron chi connectivity index (χ1n) is 7.04. The first-order valence-corrected chi connectivity index (χ1v) is 8.71. The Labute approximate surface area is 145 Å². The Hall–Kier alpha value is -1.99. The van der Waals surface area contributed by atoms with E-state index in [1.54, 1.807) is 0 Å². The van der Waals surface area contributed by atoms with Crippen molar-refractivity contribution in [3.63, 3.8) is 0 Å². The van der Waals surface area contributed by atoms with Gasteiger partial charge in [-0.25, -0.2) is 0 Å². The summed E-state index contributed by atoms with van der Waals surface area (Å²) in [4.78, 5) is 12.9. The number of carbonyl (C=O) groups excluding carboxylic acids is 1. The maximum Gasteiger partial charge on any atom is 0.257 e. The number of hydrogen-bond acceptors (Lipinski definition) is 5. The summed E-state index contributed by atoms with van der Waals surface area (Å²) in [5.74, 6) is 0.878. The summed E-state index contributed by atoms with van der Waals surface area (Å²) in [5, 5.41) is 12.8. The highest BCUT2D eigenvalue weighted by Gasteiger charge is 2.11. The minimum Gasteiger partial charge on any atom is -0.420 e. The van der Waals surface area contributed by atoms with Crippen molar-refractivity contribution in [1.29, 1.82) is 0 Å². The molecule has 0 unspecified atom stereocenters. The first kappa shape index (κ1) is 15.9. The Morgan fingerprint density at radius 2 is 2.22 bits per heavy atom. The van der Waals surface area contributed by atoms with Crippen LogP contribution in [0.4, 0.5) is 5.69 Å². The largest absolute Gasteiger partial charge is 0.420 e. The van der Waals surface area contributed by atoms with E-state index in [4.69, 9.17) is 4.42 Å². The molecule has 0 fully saturated rings. The lowest BCUT2D eigenvalue weighted by Crippen LogP contribution is -2.12. The van der Waals surface area contributed by atoms with Crippen molar-refractivity contribution in [3.05, 3.63) is 51.6 Å². The van der Waals surface area contributed by atoms with E-state index < -0.39 is 0 Å². The SMILES string of the molecule is Cc1ccc(NC(=O)CCc2nnc(-c3cccs3)o2)cc1Br. The smallest absolute Gasteiger partial charge is 0.257 e. The van der Waals surface area contributed by atoms with Crippen LogP contribution in [0.1, 0.15) is 17.9 Å². The van der Waals surface area contributed by atoms with Gasteiger partial charge in [-0.05, 0) is 36.1 Å². The van der Waals surface area contributed by atoms with Crippen molar-refractivity contribution in [2.75, 3.05) is 5.32 Å². The molecule has 0 saturated carbocycles. The Morgan fingerprint density at radius 1 is 1.35 bits per heavy atom. The summed E-state index contributed by atoms with van der Waals surface area (Å²) >= 11 is 4.99. The van der Waals surface area contributed by atoms with Gasteiger partial charge in [0.2, 0.25) is 11.8 Å². The zero-order valence-electron chi connectivity index (χ0n) is 12.4. The summed E-state index contributed by atoms with van der Waals surface area (Å²) in [6, 6.07) is 9.56. The molecule has 0 spiro atoms. The van der Waals surface area contributed by atoms with Crippen LogP contribution in [0.3, 0.4) is 0 Å². The van der Waals surface area contributed by atoms with Crippen LogP contribution in [-0.2, 0) is 11.2 Å². The van der Waals surface area contributed by atoms with E-state index in [0.717, 1.165) is 20.6 Å². The lowest BCUT2D eigenvalue weighted by Gasteiger charge is -2.06. The topological polar surface area (TPSA) is 68.0 Å². The van der Waals surface area contributed by atoms with Crippen LogP contribution >= 0.6 is 27.3 Å². The standard InChI is InChI=1S/C16H14BrN3O2S/c1-10-4-5-11(9-12(10)17)18-14(21)6-7-15-19-20-16(22-15)13-3-2-8-23-13/h2-5,8-9H,6-7H2,1H3,(H,18,21). The summed E-state index contributed by atoms with van der Waals surface area (Å²) in [6.45, 7) is 2.00. The average Bonchev–Trinajstić information content (AvgIpc) is 3.19. The van der Waals surface area contributed by atoms with E-state index in [-0.39, 0.29) is 12.3 Å². The molecule has 3 rings (SSSR count). The third-order valence-electron chi connectivity index (χ3n) is 3.22. The molecule has 7 heteroatoms. The number of amides is 1. The molecule has 1 N–H and O–H groups in total. The van der Waals surface area contributed by atoms with Crippen LogP contribution < -0.4 is 5.32 Å². The van der Waals surface area contributed by atoms with Crippen molar-refractivity contribution in [2.24, 2.45) is 0 Å². The van der Waals surface area contributed by atoms with Crippen LogP contribution in [-0.4, -0.2) is 16.1 Å². The number of carbonyl (C=O) groups is 1. The number of halogens is 1. The van der Waals surface area contributed by atoms with Crippen molar-refractivity contribution in [3.8, 4) is 10.8 Å². The third-order valence-corrected chi connectivity index (χ3v) is 4.93. The van der Waals surface area contributed by atoms with Gasteiger partial charge < -0.3 is 9.73 Å². The molecule has 1 aromatic carbocycles. The van der Waals surface area contributed by atoms with E-state index in [1.165, 1.54) is 11.3 Å². The number of nitrogens with zero attached hydrogens (tertiary/aromatic N) is 2. The molecule has 1 amide bonds. The van der Waals surface area contributed by atoms with Gasteiger partial charge in [0.1, 0.15) is 0 Å². The van der Waals surface area contributed by atoms with Crippen molar-refractivity contribution in [1.82, 2.24) is 10.2 Å². The van der Waals surface area contributed by atoms with Gasteiger partial charge in [0.25, 0.3) is 5.89 Å². The summed E-state index contributed by atoms with van der Waals surface area (Å²) in [6.07, 6.45) is 0.703. The highest BCUT2D eigenvalue weighted by atomic mass is 79.9. The number of thiophene rings is 1. The van der Waals surface area contributed by atoms with Crippen molar-refractivity contribution >= 4 is 38.9 Å². The van der Waals surface area contributed by atoms with Gasteiger partial charge in [-0.2, -0.15) is 0 Å². The normalized spacial score (nSPS) is 10.7. The van der Waals surface area contributed by atoms with E-state index in [9.17, 15) is 4.79 Å². The van der Waals surface area contributed by atoms with Gasteiger partial charge in [-0.15, -0.1) is 21.5 Å². The average molecular weight is 392 g/mol. The molecule has 0 atom stereocenters. The van der Waals surface area contributed by atoms with Gasteiger partial charge in [-0.3, -0.25) is 4.79 Å². The summed E-state index contributed by atoms with van der Waals surface area (Å²) in [5.41, 5.74) is 1.88. The molecule has 23 heavy (non-hydrogen) atoms. The van der Waals surface area contributed by atoms with Crippen LogP contribution in [0.2, 0.25) is 0 Å². The fourth-order valence-electron chi connectivity index (χ4n) is 1.97. The molecule has 2 aromatic heterocycles. The van der Waals surface area contributed by atoms with Crippen LogP contribution in [0.15, 0.2) is 44.6 Å². The van der Waals surface area contributed by atoms with Crippen LogP contribution in [0, 0.1) is 6.92 Å². The number of hydrogen-bond donors (Lipinski definition) is 1. The second-order valence-corrected chi connectivity index (χ2v) is 6.79. The zero-order valence-corrected chi connectivity index (χ0v) is 14.8. The van der Waals surface area contributed by atoms with Crippen LogP contribution in [0.5, 0.6) is 0 Å². The molecule has 2 heterocycles. The van der Waals surface area contributed by atoms with E-state index in [0.29, 0.717) is 18.2 Å². The lowest BCUT2D eigenvalue weighted by atomic mass is 10.2. The number of rotatable bonds is 5. The number of nitrogens with one attached hydrogen (secondary N) is 1. The number of aryl methyl sites for hydroxylation is 2. The monoisotopic (exact) mass is 391 g/mol. The van der Waals surface area contributed by atoms with Gasteiger partial charge in [0.05, 0.1) is 4.88 Å². The second-order valence-electron chi connectivity index (χ2n) is 4.99. The van der Waals surface area contributed by atoms with E-state index >= 15 is 0 Å². The lowest BCUT2D eigenvalue weighted by molar-refractivity contribution is -0.116. The Balaban J connectivity index is 1.55. The minimum absolute atomic E-state index is 0.0865. The number of aromatic nitrogens is 2. The highest BCUT2D eigenvalue weighted by Crippen LogP contribution is 2.23. The van der Waals surface area contributed by atoms with Gasteiger partial charge in [0.15, 0.2) is 0 Å². The molecule has 0 radical (unpaired) electrons. The Kier molecular flexibility index (Phi) is 4.88. The number of benzene rings is 1. The predicted octanol–water partition coefficient (Wildman–Crippen LogP) is 4.44. The molecule has 118 valence electrons. The van der Waals surface area contributed by atoms with Gasteiger partial charge in [-0.1, -0.05) is 28.1 Å².